The summed E-state index contributed by atoms with van der Waals surface area (Å²) >= 11 is 0. The number of carbonyl (C=O) groups excluding carboxylic acids is 3. The van der Waals surface area contributed by atoms with E-state index in [4.69, 9.17) is 9.47 Å². The lowest BCUT2D eigenvalue weighted by molar-refractivity contribution is -0.160. The number of nitrogens with zero attached hydrogens (tertiary/aromatic N) is 1. The van der Waals surface area contributed by atoms with E-state index in [9.17, 15) is 19.5 Å². The second-order valence-electron chi connectivity index (χ2n) is 11.3. The molecule has 8 nitrogen and oxygen atoms in total. The van der Waals surface area contributed by atoms with Crippen molar-refractivity contribution in [3.63, 3.8) is 0 Å². The summed E-state index contributed by atoms with van der Waals surface area (Å²) in [6, 6.07) is 21.4. The Hall–Kier alpha value is -3.75. The number of nitrogens with one attached hydrogen (secondary N) is 1. The minimum atomic E-state index is -1.20. The van der Waals surface area contributed by atoms with E-state index in [1.165, 1.54) is 4.90 Å². The minimum absolute atomic E-state index is 0.183. The molecule has 1 spiro atoms. The van der Waals surface area contributed by atoms with Crippen LogP contribution in [0.15, 0.2) is 72.8 Å². The van der Waals surface area contributed by atoms with Crippen LogP contribution in [0.25, 0.3) is 10.8 Å². The fourth-order valence-electron chi connectivity index (χ4n) is 7.26. The summed E-state index contributed by atoms with van der Waals surface area (Å²) in [4.78, 5) is 43.3. The molecule has 6 atom stereocenters. The van der Waals surface area contributed by atoms with Gasteiger partial charge in [-0.05, 0) is 61.6 Å². The smallest absolute Gasteiger partial charge is 0.312 e. The molecule has 6 rings (SSSR count). The number of likely N-dealkylation sites (tertiary alicyclic amines) is 1. The first-order valence-corrected chi connectivity index (χ1v) is 13.9. The summed E-state index contributed by atoms with van der Waals surface area (Å²) in [6.45, 7) is 3.41. The van der Waals surface area contributed by atoms with E-state index < -0.39 is 47.0 Å². The van der Waals surface area contributed by atoms with Crippen molar-refractivity contribution in [3.05, 3.63) is 78.4 Å². The molecule has 3 fully saturated rings. The van der Waals surface area contributed by atoms with E-state index >= 15 is 0 Å². The van der Waals surface area contributed by atoms with Crippen LogP contribution in [0.3, 0.4) is 0 Å². The molecule has 2 bridgehead atoms. The number of hydrogen-bond donors (Lipinski definition) is 2. The van der Waals surface area contributed by atoms with Gasteiger partial charge in [0, 0.05) is 5.69 Å². The van der Waals surface area contributed by atoms with Crippen LogP contribution in [0.5, 0.6) is 0 Å². The Morgan fingerprint density at radius 1 is 1.07 bits per heavy atom. The van der Waals surface area contributed by atoms with Crippen molar-refractivity contribution in [1.82, 2.24) is 4.90 Å². The van der Waals surface area contributed by atoms with Crippen LogP contribution < -0.4 is 5.32 Å². The summed E-state index contributed by atoms with van der Waals surface area (Å²) in [5, 5.41) is 15.6. The average Bonchev–Trinajstić information content (AvgIpc) is 3.53. The van der Waals surface area contributed by atoms with Gasteiger partial charge in [0.05, 0.1) is 30.8 Å². The lowest BCUT2D eigenvalue weighted by Gasteiger charge is -2.37. The zero-order valence-corrected chi connectivity index (χ0v) is 22.7. The molecule has 8 heteroatoms. The number of ether oxygens (including phenoxy) is 2. The molecule has 40 heavy (non-hydrogen) atoms. The first kappa shape index (κ1) is 26.5. The molecule has 0 aromatic heterocycles. The Morgan fingerprint density at radius 2 is 1.80 bits per heavy atom. The number of aliphatic hydroxyl groups excluding tert-OH is 1. The topological polar surface area (TPSA) is 105 Å². The summed E-state index contributed by atoms with van der Waals surface area (Å²) in [6.07, 6.45) is 1.33. The summed E-state index contributed by atoms with van der Waals surface area (Å²) in [7, 11) is 0. The third-order valence-corrected chi connectivity index (χ3v) is 8.94. The van der Waals surface area contributed by atoms with Gasteiger partial charge >= 0.3 is 5.97 Å². The first-order valence-electron chi connectivity index (χ1n) is 13.9. The van der Waals surface area contributed by atoms with Crippen molar-refractivity contribution < 1.29 is 29.0 Å². The Morgan fingerprint density at radius 3 is 2.52 bits per heavy atom. The molecule has 3 aromatic carbocycles. The molecular weight excluding hydrogens is 508 g/mol. The monoisotopic (exact) mass is 542 g/mol. The highest BCUT2D eigenvalue weighted by Gasteiger charge is 2.78. The second kappa shape index (κ2) is 10.0. The van der Waals surface area contributed by atoms with Crippen LogP contribution in [0.1, 0.15) is 32.3 Å². The summed E-state index contributed by atoms with van der Waals surface area (Å²) < 4.78 is 12.0. The molecule has 3 heterocycles. The van der Waals surface area contributed by atoms with Crippen LogP contribution >= 0.6 is 0 Å². The maximum atomic E-state index is 14.3. The van der Waals surface area contributed by atoms with Crippen molar-refractivity contribution in [2.45, 2.75) is 56.4 Å². The van der Waals surface area contributed by atoms with Crippen LogP contribution in [0.4, 0.5) is 5.69 Å². The van der Waals surface area contributed by atoms with Crippen molar-refractivity contribution in [2.75, 3.05) is 18.5 Å². The fraction of sp³-hybridized carbons (Fsp3) is 0.406. The highest BCUT2D eigenvalue weighted by atomic mass is 16.6. The standard InChI is InChI=1S/C32H34N2O6/c1-3-39-30(38)26-25-29(37)34(24(19-35)17-20-9-5-4-6-10-20)27(32(25)16-15-31(26,2)40-32)28(36)33-23-14-13-21-11-7-8-12-22(21)18-23/h4-14,18,24-27,35H,3,15-17,19H2,1-2H3,(H,33,36)/t24-,25+,26+,27?,31-,32?/m1/s1. The van der Waals surface area contributed by atoms with Gasteiger partial charge in [0.15, 0.2) is 0 Å². The van der Waals surface area contributed by atoms with E-state index in [0.29, 0.717) is 24.9 Å². The van der Waals surface area contributed by atoms with Crippen LogP contribution in [0.2, 0.25) is 0 Å². The number of fused-ring (bicyclic) bond motifs is 2. The maximum absolute atomic E-state index is 14.3. The number of carbonyl (C=O) groups is 3. The van der Waals surface area contributed by atoms with Gasteiger partial charge < -0.3 is 24.8 Å². The number of esters is 1. The summed E-state index contributed by atoms with van der Waals surface area (Å²) in [5.74, 6) is -2.93. The Labute approximate surface area is 233 Å². The van der Waals surface area contributed by atoms with Gasteiger partial charge in [0.1, 0.15) is 17.6 Å². The first-order chi connectivity index (χ1) is 19.3. The zero-order valence-electron chi connectivity index (χ0n) is 22.7. The molecular formula is C32H34N2O6. The van der Waals surface area contributed by atoms with Gasteiger partial charge in [0.2, 0.25) is 11.8 Å². The van der Waals surface area contributed by atoms with Crippen molar-refractivity contribution in [1.29, 1.82) is 0 Å². The normalized spacial score (nSPS) is 29.4. The average molecular weight is 543 g/mol. The number of hydrogen-bond acceptors (Lipinski definition) is 6. The lowest BCUT2D eigenvalue weighted by Crippen LogP contribution is -2.57. The van der Waals surface area contributed by atoms with Crippen molar-refractivity contribution >= 4 is 34.2 Å². The third-order valence-electron chi connectivity index (χ3n) is 8.94. The van der Waals surface area contributed by atoms with E-state index in [1.54, 1.807) is 6.92 Å². The molecule has 2 unspecified atom stereocenters. The van der Waals surface area contributed by atoms with E-state index in [1.807, 2.05) is 79.7 Å². The van der Waals surface area contributed by atoms with Crippen LogP contribution in [-0.4, -0.2) is 64.3 Å². The lowest BCUT2D eigenvalue weighted by atomic mass is 9.66. The number of amides is 2. The maximum Gasteiger partial charge on any atom is 0.312 e. The van der Waals surface area contributed by atoms with Crippen LogP contribution in [-0.2, 0) is 30.3 Å². The molecule has 0 aliphatic carbocycles. The largest absolute Gasteiger partial charge is 0.466 e. The molecule has 3 aromatic rings. The Kier molecular flexibility index (Phi) is 6.63. The van der Waals surface area contributed by atoms with Gasteiger partial charge in [-0.2, -0.15) is 0 Å². The van der Waals surface area contributed by atoms with Crippen molar-refractivity contribution in [2.24, 2.45) is 11.8 Å². The molecule has 208 valence electrons. The van der Waals surface area contributed by atoms with E-state index in [-0.39, 0.29) is 19.1 Å². The van der Waals surface area contributed by atoms with Gasteiger partial charge in [-0.15, -0.1) is 0 Å². The molecule has 3 aliphatic heterocycles. The minimum Gasteiger partial charge on any atom is -0.466 e. The molecule has 0 saturated carbocycles. The fourth-order valence-corrected chi connectivity index (χ4v) is 7.26. The van der Waals surface area contributed by atoms with Crippen LogP contribution in [0, 0.1) is 11.8 Å². The number of rotatable bonds is 8. The highest BCUT2D eigenvalue weighted by Crippen LogP contribution is 2.63. The quantitative estimate of drug-likeness (QED) is 0.421. The van der Waals surface area contributed by atoms with Gasteiger partial charge in [-0.25, -0.2) is 0 Å². The van der Waals surface area contributed by atoms with E-state index in [0.717, 1.165) is 16.3 Å². The van der Waals surface area contributed by atoms with E-state index in [2.05, 4.69) is 5.32 Å². The molecule has 3 aliphatic rings. The van der Waals surface area contributed by atoms with Gasteiger partial charge in [0.25, 0.3) is 0 Å². The number of anilines is 1. The highest BCUT2D eigenvalue weighted by molar-refractivity contribution is 6.04. The molecule has 2 amide bonds. The number of benzene rings is 3. The van der Waals surface area contributed by atoms with Crippen molar-refractivity contribution in [3.8, 4) is 0 Å². The second-order valence-corrected chi connectivity index (χ2v) is 11.3. The molecule has 0 radical (unpaired) electrons. The predicted octanol–water partition coefficient (Wildman–Crippen LogP) is 3.71. The molecule has 2 N–H and O–H groups in total. The SMILES string of the molecule is CCOC(=O)[C@@H]1[C@H]2C(=O)N([C@@H](CO)Cc3ccccc3)C(C(=O)Nc3ccc4ccccc4c3)C23CC[C@@]1(C)O3. The third kappa shape index (κ3) is 4.09. The Bertz CT molecular complexity index is 1460. The summed E-state index contributed by atoms with van der Waals surface area (Å²) in [5.41, 5.74) is -0.584. The van der Waals surface area contributed by atoms with Gasteiger partial charge in [-0.3, -0.25) is 14.4 Å². The predicted molar refractivity (Wildman–Crippen MR) is 149 cm³/mol. The molecule has 3 saturated heterocycles. The Balaban J connectivity index is 1.41. The van der Waals surface area contributed by atoms with Gasteiger partial charge in [-0.1, -0.05) is 60.7 Å². The number of aliphatic hydroxyl groups is 1. The zero-order chi connectivity index (χ0) is 28.1.